The fraction of sp³-hybridized carbons (Fsp3) is 0.590. The van der Waals surface area contributed by atoms with Crippen LogP contribution in [0.1, 0.15) is 128 Å². The number of anilines is 2. The highest BCUT2D eigenvalue weighted by molar-refractivity contribution is 14.1. The van der Waals surface area contributed by atoms with Crippen molar-refractivity contribution in [3.05, 3.63) is 51.3 Å². The molecule has 2 aromatic carbocycles. The van der Waals surface area contributed by atoms with E-state index in [9.17, 15) is 19.8 Å². The van der Waals surface area contributed by atoms with Crippen LogP contribution in [0.4, 0.5) is 11.4 Å². The van der Waals surface area contributed by atoms with Crippen LogP contribution in [0.2, 0.25) is 0 Å². The number of ether oxygens (including phenoxy) is 1. The zero-order valence-corrected chi connectivity index (χ0v) is 43.1. The number of carbonyl (C=O) groups is 2. The average molecular weight is 1390 g/mol. The Morgan fingerprint density at radius 1 is 0.731 bits per heavy atom. The Morgan fingerprint density at radius 3 is 1.85 bits per heavy atom. The van der Waals surface area contributed by atoms with Gasteiger partial charge in [-0.1, -0.05) is 83.8 Å². The number of carbonyl (C=O) groups excluding carboxylic acids is 2. The van der Waals surface area contributed by atoms with Gasteiger partial charge in [0.05, 0.1) is 31.2 Å². The lowest BCUT2D eigenvalue weighted by Crippen LogP contribution is -2.39. The van der Waals surface area contributed by atoms with E-state index in [1.54, 1.807) is 0 Å². The normalized spacial score (nSPS) is 14.0. The first-order valence-electron chi connectivity index (χ1n) is 18.4. The Hall–Kier alpha value is 1.22. The lowest BCUT2D eigenvalue weighted by atomic mass is 9.75. The maximum Gasteiger partial charge on any atom is 0.322 e. The number of nitrogens with two attached hydrogens (primary N) is 2. The van der Waals surface area contributed by atoms with Gasteiger partial charge in [-0.25, -0.2) is 0 Å². The zero-order valence-electron chi connectivity index (χ0n) is 30.2. The van der Waals surface area contributed by atoms with Crippen LogP contribution in [-0.4, -0.2) is 34.7 Å². The number of hydrogen-bond acceptors (Lipinski definition) is 7. The fourth-order valence-electron chi connectivity index (χ4n) is 6.39. The molecule has 0 spiro atoms. The highest BCUT2D eigenvalue weighted by atomic mass is 127. The SMILES string of the molecule is CCCCCCCCC=CCCCCCCC(CC(O)CO)C(=O)C(C(=O)Oc1c(I)cc(I)c(N)c1I)C(CCC)c1c(I)cc(I)c(N)c1I. The molecular weight excluding hydrogens is 1340 g/mol. The highest BCUT2D eigenvalue weighted by Gasteiger charge is 2.42. The van der Waals surface area contributed by atoms with E-state index in [-0.39, 0.29) is 12.2 Å². The van der Waals surface area contributed by atoms with E-state index in [2.05, 4.69) is 155 Å². The van der Waals surface area contributed by atoms with Crippen LogP contribution in [0, 0.1) is 33.3 Å². The third kappa shape index (κ3) is 15.9. The molecule has 52 heavy (non-hydrogen) atoms. The molecule has 0 heterocycles. The van der Waals surface area contributed by atoms with Crippen molar-refractivity contribution < 1.29 is 24.5 Å². The summed E-state index contributed by atoms with van der Waals surface area (Å²) in [6.45, 7) is 3.83. The molecule has 13 heteroatoms. The van der Waals surface area contributed by atoms with Crippen LogP contribution in [0.25, 0.3) is 0 Å². The van der Waals surface area contributed by atoms with Gasteiger partial charge in [-0.05, 0) is 198 Å². The van der Waals surface area contributed by atoms with Crippen molar-refractivity contribution in [1.82, 2.24) is 0 Å². The van der Waals surface area contributed by atoms with Crippen molar-refractivity contribution in [2.75, 3.05) is 18.1 Å². The molecule has 0 aromatic heterocycles. The van der Waals surface area contributed by atoms with Crippen molar-refractivity contribution in [3.8, 4) is 5.75 Å². The second-order valence-corrected chi connectivity index (χ2v) is 20.2. The van der Waals surface area contributed by atoms with Gasteiger partial charge in [0.2, 0.25) is 0 Å². The number of hydrogen-bond donors (Lipinski definition) is 4. The van der Waals surface area contributed by atoms with Crippen molar-refractivity contribution in [3.63, 3.8) is 0 Å². The molecule has 7 nitrogen and oxygen atoms in total. The van der Waals surface area contributed by atoms with Gasteiger partial charge in [-0.3, -0.25) is 9.59 Å². The lowest BCUT2D eigenvalue weighted by molar-refractivity contribution is -0.147. The van der Waals surface area contributed by atoms with Crippen LogP contribution >= 0.6 is 136 Å². The number of esters is 1. The molecule has 0 radical (unpaired) electrons. The summed E-state index contributed by atoms with van der Waals surface area (Å²) in [7, 11) is 0. The number of allylic oxidation sites excluding steroid dienone is 2. The average Bonchev–Trinajstić information content (AvgIpc) is 3.11. The maximum absolute atomic E-state index is 14.9. The van der Waals surface area contributed by atoms with E-state index in [0.29, 0.717) is 33.5 Å². The molecule has 292 valence electrons. The van der Waals surface area contributed by atoms with E-state index in [1.807, 2.05) is 19.1 Å². The molecule has 4 unspecified atom stereocenters. The van der Waals surface area contributed by atoms with Crippen molar-refractivity contribution in [2.24, 2.45) is 11.8 Å². The Morgan fingerprint density at radius 2 is 1.27 bits per heavy atom. The van der Waals surface area contributed by atoms with Crippen LogP contribution in [0.15, 0.2) is 24.3 Å². The van der Waals surface area contributed by atoms with Gasteiger partial charge < -0.3 is 26.4 Å². The number of nitrogen functional groups attached to an aromatic ring is 2. The smallest absolute Gasteiger partial charge is 0.322 e. The van der Waals surface area contributed by atoms with Crippen LogP contribution < -0.4 is 16.2 Å². The van der Waals surface area contributed by atoms with E-state index < -0.39 is 36.4 Å². The van der Waals surface area contributed by atoms with Gasteiger partial charge in [0, 0.05) is 26.1 Å². The summed E-state index contributed by atoms with van der Waals surface area (Å²) in [4.78, 5) is 29.4. The standard InChI is InChI=1S/C39H54I6N2O5/c1-3-5-6-7-8-9-10-11-12-13-14-15-16-17-19-24(20-25(49)23-48)37(50)32(39(51)52-38-30(43)22-29(42)36(47)34(38)45)26(18-4-2)31-27(40)21-28(41)35(46)33(31)44/h11-12,21-22,24-26,32,48-49H,3-10,13-20,23,46-47H2,1-2H3. The van der Waals surface area contributed by atoms with Crippen LogP contribution in [0.3, 0.4) is 0 Å². The molecule has 0 saturated carbocycles. The number of unbranched alkanes of at least 4 members (excludes halogenated alkanes) is 10. The van der Waals surface area contributed by atoms with Crippen molar-refractivity contribution in [2.45, 2.75) is 129 Å². The van der Waals surface area contributed by atoms with Crippen LogP contribution in [0.5, 0.6) is 5.75 Å². The molecule has 6 N–H and O–H groups in total. The molecule has 0 saturated heterocycles. The number of ketones is 1. The first-order chi connectivity index (χ1) is 24.8. The zero-order chi connectivity index (χ0) is 38.8. The minimum atomic E-state index is -1.15. The number of aliphatic hydroxyl groups is 2. The summed E-state index contributed by atoms with van der Waals surface area (Å²) in [6.07, 6.45) is 19.3. The Balaban J connectivity index is 2.34. The minimum Gasteiger partial charge on any atom is -0.424 e. The second-order valence-electron chi connectivity index (χ2n) is 13.4. The summed E-state index contributed by atoms with van der Waals surface area (Å²) >= 11 is 13.1. The predicted octanol–water partition coefficient (Wildman–Crippen LogP) is 12.2. The van der Waals surface area contributed by atoms with E-state index in [1.165, 1.54) is 38.5 Å². The first kappa shape index (κ1) is 49.4. The van der Waals surface area contributed by atoms with Gasteiger partial charge >= 0.3 is 5.97 Å². The molecule has 2 rings (SSSR count). The van der Waals surface area contributed by atoms with Gasteiger partial charge in [-0.15, -0.1) is 0 Å². The molecule has 0 bridgehead atoms. The third-order valence-electron chi connectivity index (χ3n) is 9.27. The summed E-state index contributed by atoms with van der Waals surface area (Å²) < 4.78 is 11.0. The molecule has 0 aliphatic carbocycles. The number of halogens is 6. The number of aliphatic hydroxyl groups excluding tert-OH is 2. The molecule has 0 amide bonds. The van der Waals surface area contributed by atoms with Gasteiger partial charge in [0.25, 0.3) is 0 Å². The lowest BCUT2D eigenvalue weighted by Gasteiger charge is -2.31. The Bertz CT molecular complexity index is 1470. The first-order valence-corrected chi connectivity index (χ1v) is 24.8. The van der Waals surface area contributed by atoms with Gasteiger partial charge in [0.15, 0.2) is 11.5 Å². The summed E-state index contributed by atoms with van der Waals surface area (Å²) in [6, 6.07) is 3.85. The maximum atomic E-state index is 14.9. The largest absolute Gasteiger partial charge is 0.424 e. The second kappa shape index (κ2) is 27.0. The summed E-state index contributed by atoms with van der Waals surface area (Å²) in [5.74, 6) is -2.84. The molecule has 0 aliphatic rings. The number of benzene rings is 2. The van der Waals surface area contributed by atoms with Gasteiger partial charge in [-0.2, -0.15) is 0 Å². The highest BCUT2D eigenvalue weighted by Crippen LogP contribution is 2.43. The summed E-state index contributed by atoms with van der Waals surface area (Å²) in [5, 5.41) is 20.5. The molecule has 0 fully saturated rings. The molecule has 4 atom stereocenters. The van der Waals surface area contributed by atoms with Crippen LogP contribution in [-0.2, 0) is 9.59 Å². The topological polar surface area (TPSA) is 136 Å². The molecule has 0 aliphatic heterocycles. The Labute approximate surface area is 393 Å². The quantitative estimate of drug-likeness (QED) is 0.0148. The Kier molecular flexibility index (Phi) is 25.6. The van der Waals surface area contributed by atoms with E-state index >= 15 is 0 Å². The number of Topliss-reactive ketones (excluding diaryl/α,β-unsaturated/α-hetero) is 1. The molecular formula is C39H54I6N2O5. The fourth-order valence-corrected chi connectivity index (χ4v) is 14.2. The number of rotatable bonds is 25. The summed E-state index contributed by atoms with van der Waals surface area (Å²) in [5.41, 5.74) is 14.9. The third-order valence-corrected chi connectivity index (χ3v) is 15.0. The molecule has 2 aromatic rings. The van der Waals surface area contributed by atoms with Crippen molar-refractivity contribution >= 4 is 159 Å². The predicted molar refractivity (Wildman–Crippen MR) is 266 cm³/mol. The monoisotopic (exact) mass is 1390 g/mol. The van der Waals surface area contributed by atoms with E-state index in [4.69, 9.17) is 16.2 Å². The minimum absolute atomic E-state index is 0.0771. The van der Waals surface area contributed by atoms with E-state index in [0.717, 1.165) is 68.4 Å². The van der Waals surface area contributed by atoms with Gasteiger partial charge in [0.1, 0.15) is 5.92 Å². The van der Waals surface area contributed by atoms with Crippen molar-refractivity contribution in [1.29, 1.82) is 0 Å².